The molecule has 0 aromatic heterocycles. The van der Waals surface area contributed by atoms with Gasteiger partial charge in [-0.25, -0.2) is 0 Å². The molecule has 1 aromatic carbocycles. The highest BCUT2D eigenvalue weighted by molar-refractivity contribution is 5.15. The lowest BCUT2D eigenvalue weighted by atomic mass is 10.0. The minimum Gasteiger partial charge on any atom is -0.378 e. The Kier molecular flexibility index (Phi) is 2.65. The van der Waals surface area contributed by atoms with Gasteiger partial charge in [0.05, 0.1) is 6.10 Å². The molecular formula is C12H16O. The highest BCUT2D eigenvalue weighted by Crippen LogP contribution is 2.21. The molecule has 13 heavy (non-hydrogen) atoms. The summed E-state index contributed by atoms with van der Waals surface area (Å²) in [5.74, 6) is 0.744. The minimum absolute atomic E-state index is 0.456. The van der Waals surface area contributed by atoms with Crippen molar-refractivity contribution in [3.63, 3.8) is 0 Å². The van der Waals surface area contributed by atoms with E-state index in [1.54, 1.807) is 0 Å². The highest BCUT2D eigenvalue weighted by Gasteiger charge is 2.21. The molecule has 1 nitrogen and oxygen atoms in total. The lowest BCUT2D eigenvalue weighted by molar-refractivity contribution is 0.108. The molecule has 1 heteroatoms. The lowest BCUT2D eigenvalue weighted by Gasteiger charge is -2.08. The van der Waals surface area contributed by atoms with E-state index >= 15 is 0 Å². The molecule has 0 unspecified atom stereocenters. The van der Waals surface area contributed by atoms with Gasteiger partial charge in [-0.1, -0.05) is 37.3 Å². The van der Waals surface area contributed by atoms with E-state index in [-0.39, 0.29) is 0 Å². The van der Waals surface area contributed by atoms with E-state index in [0.717, 1.165) is 18.9 Å². The van der Waals surface area contributed by atoms with Crippen LogP contribution in [0.3, 0.4) is 0 Å². The first kappa shape index (κ1) is 8.76. The molecule has 1 heterocycles. The fraction of sp³-hybridized carbons (Fsp3) is 0.500. The Morgan fingerprint density at radius 2 is 2.08 bits per heavy atom. The molecule has 2 atom stereocenters. The Morgan fingerprint density at radius 3 is 2.69 bits per heavy atom. The number of rotatable bonds is 2. The predicted octanol–water partition coefficient (Wildman–Crippen LogP) is 2.65. The second kappa shape index (κ2) is 3.93. The summed E-state index contributed by atoms with van der Waals surface area (Å²) in [6.07, 6.45) is 2.75. The molecule has 0 saturated carbocycles. The zero-order valence-electron chi connectivity index (χ0n) is 8.07. The molecular weight excluding hydrogens is 160 g/mol. The maximum Gasteiger partial charge on any atom is 0.0618 e. The van der Waals surface area contributed by atoms with Gasteiger partial charge < -0.3 is 4.74 Å². The molecule has 0 amide bonds. The Labute approximate surface area is 79.7 Å². The molecule has 0 spiro atoms. The van der Waals surface area contributed by atoms with Crippen molar-refractivity contribution in [2.75, 3.05) is 6.61 Å². The standard InChI is InChI=1S/C12H16O/c1-10-7-12(13-9-10)8-11-5-3-2-4-6-11/h2-6,10,12H,7-9H2,1H3/t10-,12-/m1/s1. The third kappa shape index (κ3) is 2.31. The van der Waals surface area contributed by atoms with Gasteiger partial charge in [-0.2, -0.15) is 0 Å². The largest absolute Gasteiger partial charge is 0.378 e. The van der Waals surface area contributed by atoms with Crippen LogP contribution in [0.5, 0.6) is 0 Å². The summed E-state index contributed by atoms with van der Waals surface area (Å²) in [4.78, 5) is 0. The van der Waals surface area contributed by atoms with Crippen LogP contribution < -0.4 is 0 Å². The van der Waals surface area contributed by atoms with Gasteiger partial charge >= 0.3 is 0 Å². The van der Waals surface area contributed by atoms with Gasteiger partial charge in [0, 0.05) is 6.61 Å². The van der Waals surface area contributed by atoms with E-state index in [4.69, 9.17) is 4.74 Å². The molecule has 1 aliphatic rings. The van der Waals surface area contributed by atoms with Crippen LogP contribution in [0.4, 0.5) is 0 Å². The summed E-state index contributed by atoms with van der Waals surface area (Å²) < 4.78 is 5.67. The normalized spacial score (nSPS) is 27.8. The predicted molar refractivity (Wildman–Crippen MR) is 53.7 cm³/mol. The summed E-state index contributed by atoms with van der Waals surface area (Å²) in [7, 11) is 0. The quantitative estimate of drug-likeness (QED) is 0.673. The molecule has 70 valence electrons. The molecule has 0 aliphatic carbocycles. The first-order valence-electron chi connectivity index (χ1n) is 5.00. The summed E-state index contributed by atoms with van der Waals surface area (Å²) >= 11 is 0. The maximum atomic E-state index is 5.67. The number of benzene rings is 1. The Bertz CT molecular complexity index is 255. The smallest absolute Gasteiger partial charge is 0.0618 e. The van der Waals surface area contributed by atoms with Crippen molar-refractivity contribution in [1.82, 2.24) is 0 Å². The Hall–Kier alpha value is -0.820. The number of hydrogen-bond acceptors (Lipinski definition) is 1. The lowest BCUT2D eigenvalue weighted by Crippen LogP contribution is -2.08. The molecule has 0 N–H and O–H groups in total. The molecule has 1 saturated heterocycles. The first-order chi connectivity index (χ1) is 6.34. The summed E-state index contributed by atoms with van der Waals surface area (Å²) in [5.41, 5.74) is 1.39. The fourth-order valence-corrected chi connectivity index (χ4v) is 1.90. The van der Waals surface area contributed by atoms with Crippen molar-refractivity contribution in [1.29, 1.82) is 0 Å². The van der Waals surface area contributed by atoms with Gasteiger partial charge in [-0.3, -0.25) is 0 Å². The summed E-state index contributed by atoms with van der Waals surface area (Å²) in [6, 6.07) is 10.6. The molecule has 1 fully saturated rings. The number of hydrogen-bond donors (Lipinski definition) is 0. The number of ether oxygens (including phenoxy) is 1. The highest BCUT2D eigenvalue weighted by atomic mass is 16.5. The average Bonchev–Trinajstić information content (AvgIpc) is 2.53. The van der Waals surface area contributed by atoms with Gasteiger partial charge in [0.1, 0.15) is 0 Å². The second-order valence-corrected chi connectivity index (χ2v) is 3.99. The Balaban J connectivity index is 1.92. The SMILES string of the molecule is C[C@H]1CO[C@@H](Cc2ccccc2)C1. The van der Waals surface area contributed by atoms with E-state index in [1.165, 1.54) is 12.0 Å². The fourth-order valence-electron chi connectivity index (χ4n) is 1.90. The van der Waals surface area contributed by atoms with E-state index in [1.807, 2.05) is 0 Å². The van der Waals surface area contributed by atoms with Crippen molar-refractivity contribution >= 4 is 0 Å². The second-order valence-electron chi connectivity index (χ2n) is 3.99. The van der Waals surface area contributed by atoms with Crippen LogP contribution in [0.2, 0.25) is 0 Å². The third-order valence-electron chi connectivity index (χ3n) is 2.59. The maximum absolute atomic E-state index is 5.67. The summed E-state index contributed by atoms with van der Waals surface area (Å²) in [6.45, 7) is 3.20. The van der Waals surface area contributed by atoms with Crippen LogP contribution >= 0.6 is 0 Å². The van der Waals surface area contributed by atoms with Crippen LogP contribution in [-0.4, -0.2) is 12.7 Å². The van der Waals surface area contributed by atoms with Crippen LogP contribution in [0.15, 0.2) is 30.3 Å². The van der Waals surface area contributed by atoms with Gasteiger partial charge in [0.15, 0.2) is 0 Å². The molecule has 1 aromatic rings. The zero-order valence-corrected chi connectivity index (χ0v) is 8.07. The van der Waals surface area contributed by atoms with Crippen LogP contribution in [0.25, 0.3) is 0 Å². The van der Waals surface area contributed by atoms with E-state index in [2.05, 4.69) is 37.3 Å². The van der Waals surface area contributed by atoms with Crippen LogP contribution in [-0.2, 0) is 11.2 Å². The molecule has 0 bridgehead atoms. The first-order valence-corrected chi connectivity index (χ1v) is 5.00. The van der Waals surface area contributed by atoms with Crippen molar-refractivity contribution in [2.45, 2.75) is 25.9 Å². The van der Waals surface area contributed by atoms with Gasteiger partial charge in [0.25, 0.3) is 0 Å². The molecule has 1 aliphatic heterocycles. The topological polar surface area (TPSA) is 9.23 Å². The van der Waals surface area contributed by atoms with Crippen LogP contribution in [0.1, 0.15) is 18.9 Å². The van der Waals surface area contributed by atoms with Crippen molar-refractivity contribution in [3.8, 4) is 0 Å². The molecule has 2 rings (SSSR count). The summed E-state index contributed by atoms with van der Waals surface area (Å²) in [5, 5.41) is 0. The van der Waals surface area contributed by atoms with Gasteiger partial charge in [-0.15, -0.1) is 0 Å². The third-order valence-corrected chi connectivity index (χ3v) is 2.59. The van der Waals surface area contributed by atoms with Gasteiger partial charge in [-0.05, 0) is 24.3 Å². The van der Waals surface area contributed by atoms with Crippen molar-refractivity contribution in [3.05, 3.63) is 35.9 Å². The van der Waals surface area contributed by atoms with E-state index in [9.17, 15) is 0 Å². The van der Waals surface area contributed by atoms with Gasteiger partial charge in [0.2, 0.25) is 0 Å². The van der Waals surface area contributed by atoms with Crippen LogP contribution in [0, 0.1) is 5.92 Å². The average molecular weight is 176 g/mol. The van der Waals surface area contributed by atoms with Crippen molar-refractivity contribution < 1.29 is 4.74 Å². The monoisotopic (exact) mass is 176 g/mol. The van der Waals surface area contributed by atoms with E-state index in [0.29, 0.717) is 6.10 Å². The Morgan fingerprint density at radius 1 is 1.31 bits per heavy atom. The minimum atomic E-state index is 0.456. The zero-order chi connectivity index (χ0) is 9.10. The molecule has 0 radical (unpaired) electrons. The van der Waals surface area contributed by atoms with E-state index < -0.39 is 0 Å². The van der Waals surface area contributed by atoms with Crippen molar-refractivity contribution in [2.24, 2.45) is 5.92 Å².